The first-order valence-electron chi connectivity index (χ1n) is 7.69. The van der Waals surface area contributed by atoms with Crippen molar-refractivity contribution in [2.24, 2.45) is 0 Å². The molecule has 2 aromatic heterocycles. The predicted octanol–water partition coefficient (Wildman–Crippen LogP) is 3.83. The van der Waals surface area contributed by atoms with Crippen LogP contribution >= 0.6 is 0 Å². The molecule has 2 heterocycles. The molecule has 23 heavy (non-hydrogen) atoms. The van der Waals surface area contributed by atoms with Crippen molar-refractivity contribution < 1.29 is 4.74 Å². The van der Waals surface area contributed by atoms with Crippen LogP contribution in [0.1, 0.15) is 30.9 Å². The van der Waals surface area contributed by atoms with Gasteiger partial charge in [0.15, 0.2) is 0 Å². The van der Waals surface area contributed by atoms with Crippen molar-refractivity contribution in [1.29, 1.82) is 0 Å². The molecule has 0 atom stereocenters. The number of rotatable bonds is 3. The van der Waals surface area contributed by atoms with E-state index in [1.807, 2.05) is 43.5 Å². The van der Waals surface area contributed by atoms with Crippen LogP contribution in [0, 0.1) is 6.92 Å². The van der Waals surface area contributed by atoms with Crippen LogP contribution in [0.4, 0.5) is 0 Å². The topological polar surface area (TPSA) is 44.1 Å². The SMILES string of the molecule is COc1nccc(C)c1-n1cc(C(C)C)c2ccccc2c1=O. The molecule has 0 amide bonds. The van der Waals surface area contributed by atoms with Gasteiger partial charge >= 0.3 is 0 Å². The van der Waals surface area contributed by atoms with Gasteiger partial charge in [0.2, 0.25) is 5.88 Å². The number of benzene rings is 1. The number of nitrogens with zero attached hydrogens (tertiary/aromatic N) is 2. The van der Waals surface area contributed by atoms with Gasteiger partial charge in [-0.1, -0.05) is 32.0 Å². The van der Waals surface area contributed by atoms with Gasteiger partial charge in [0, 0.05) is 17.8 Å². The normalized spacial score (nSPS) is 11.2. The molecule has 3 rings (SSSR count). The summed E-state index contributed by atoms with van der Waals surface area (Å²) in [6.45, 7) is 6.21. The molecule has 118 valence electrons. The Hall–Kier alpha value is -2.62. The van der Waals surface area contributed by atoms with Crippen molar-refractivity contribution in [2.45, 2.75) is 26.7 Å². The zero-order chi connectivity index (χ0) is 16.6. The van der Waals surface area contributed by atoms with E-state index < -0.39 is 0 Å². The van der Waals surface area contributed by atoms with Gasteiger partial charge in [0.05, 0.1) is 7.11 Å². The second-order valence-electron chi connectivity index (χ2n) is 5.95. The van der Waals surface area contributed by atoms with Gasteiger partial charge in [-0.25, -0.2) is 4.98 Å². The number of hydrogen-bond acceptors (Lipinski definition) is 3. The van der Waals surface area contributed by atoms with Crippen LogP contribution in [-0.4, -0.2) is 16.7 Å². The second-order valence-corrected chi connectivity index (χ2v) is 5.95. The molecular formula is C19H20N2O2. The number of aromatic nitrogens is 2. The van der Waals surface area contributed by atoms with Crippen LogP contribution in [0.5, 0.6) is 5.88 Å². The standard InChI is InChI=1S/C19H20N2O2/c1-12(2)16-11-21(17-13(3)9-10-20-18(17)23-4)19(22)15-8-6-5-7-14(15)16/h5-12H,1-4H3. The van der Waals surface area contributed by atoms with E-state index in [-0.39, 0.29) is 5.56 Å². The molecule has 0 spiro atoms. The summed E-state index contributed by atoms with van der Waals surface area (Å²) in [5.41, 5.74) is 2.72. The summed E-state index contributed by atoms with van der Waals surface area (Å²) < 4.78 is 7.04. The largest absolute Gasteiger partial charge is 0.479 e. The Kier molecular flexibility index (Phi) is 3.90. The van der Waals surface area contributed by atoms with E-state index in [9.17, 15) is 4.79 Å². The van der Waals surface area contributed by atoms with Crippen LogP contribution in [0.2, 0.25) is 0 Å². The van der Waals surface area contributed by atoms with Crippen LogP contribution < -0.4 is 10.3 Å². The fourth-order valence-corrected chi connectivity index (χ4v) is 2.91. The number of ether oxygens (including phenoxy) is 1. The smallest absolute Gasteiger partial charge is 0.263 e. The van der Waals surface area contributed by atoms with Gasteiger partial charge in [-0.15, -0.1) is 0 Å². The first-order valence-corrected chi connectivity index (χ1v) is 7.69. The highest BCUT2D eigenvalue weighted by Crippen LogP contribution is 2.27. The number of methoxy groups -OCH3 is 1. The van der Waals surface area contributed by atoms with Crippen molar-refractivity contribution in [3.05, 3.63) is 64.2 Å². The zero-order valence-corrected chi connectivity index (χ0v) is 13.8. The van der Waals surface area contributed by atoms with E-state index in [1.165, 1.54) is 0 Å². The van der Waals surface area contributed by atoms with Crippen molar-refractivity contribution >= 4 is 10.8 Å². The molecule has 0 aliphatic rings. The molecule has 0 saturated heterocycles. The van der Waals surface area contributed by atoms with E-state index in [0.717, 1.165) is 16.5 Å². The van der Waals surface area contributed by atoms with Gasteiger partial charge in [-0.3, -0.25) is 9.36 Å². The summed E-state index contributed by atoms with van der Waals surface area (Å²) in [7, 11) is 1.57. The van der Waals surface area contributed by atoms with E-state index in [4.69, 9.17) is 4.74 Å². The molecule has 4 heteroatoms. The van der Waals surface area contributed by atoms with Gasteiger partial charge in [0.1, 0.15) is 5.69 Å². The van der Waals surface area contributed by atoms with Crippen molar-refractivity contribution in [1.82, 2.24) is 9.55 Å². The Bertz CT molecular complexity index is 926. The number of pyridine rings is 2. The minimum Gasteiger partial charge on any atom is -0.479 e. The first-order chi connectivity index (χ1) is 11.0. The molecular weight excluding hydrogens is 288 g/mol. The monoisotopic (exact) mass is 308 g/mol. The maximum Gasteiger partial charge on any atom is 0.263 e. The Morgan fingerprint density at radius 3 is 2.48 bits per heavy atom. The Morgan fingerprint density at radius 1 is 1.13 bits per heavy atom. The summed E-state index contributed by atoms with van der Waals surface area (Å²) in [4.78, 5) is 17.3. The quantitative estimate of drug-likeness (QED) is 0.738. The molecule has 0 saturated carbocycles. The third-order valence-corrected chi connectivity index (χ3v) is 4.10. The lowest BCUT2D eigenvalue weighted by Gasteiger charge is -2.17. The van der Waals surface area contributed by atoms with E-state index >= 15 is 0 Å². The number of fused-ring (bicyclic) bond motifs is 1. The maximum absolute atomic E-state index is 13.0. The number of hydrogen-bond donors (Lipinski definition) is 0. The fraction of sp³-hybridized carbons (Fsp3) is 0.263. The highest BCUT2D eigenvalue weighted by Gasteiger charge is 2.16. The third kappa shape index (κ3) is 2.50. The Balaban J connectivity index is 2.45. The average Bonchev–Trinajstić information content (AvgIpc) is 2.55. The molecule has 0 N–H and O–H groups in total. The highest BCUT2D eigenvalue weighted by molar-refractivity contribution is 5.85. The van der Waals surface area contributed by atoms with Gasteiger partial charge in [-0.2, -0.15) is 0 Å². The molecule has 4 nitrogen and oxygen atoms in total. The molecule has 0 radical (unpaired) electrons. The maximum atomic E-state index is 13.0. The molecule has 0 aliphatic carbocycles. The lowest BCUT2D eigenvalue weighted by molar-refractivity contribution is 0.395. The summed E-state index contributed by atoms with van der Waals surface area (Å²) in [5, 5.41) is 1.72. The predicted molar refractivity (Wildman–Crippen MR) is 92.7 cm³/mol. The lowest BCUT2D eigenvalue weighted by atomic mass is 9.98. The fourth-order valence-electron chi connectivity index (χ4n) is 2.91. The van der Waals surface area contributed by atoms with Crippen LogP contribution in [0.3, 0.4) is 0 Å². The van der Waals surface area contributed by atoms with Gasteiger partial charge in [-0.05, 0) is 41.5 Å². The van der Waals surface area contributed by atoms with Crippen molar-refractivity contribution in [3.8, 4) is 11.6 Å². The minimum absolute atomic E-state index is 0.0561. The van der Waals surface area contributed by atoms with E-state index in [0.29, 0.717) is 22.9 Å². The molecule has 0 bridgehead atoms. The van der Waals surface area contributed by atoms with Crippen LogP contribution in [0.25, 0.3) is 16.5 Å². The van der Waals surface area contributed by atoms with Crippen LogP contribution in [-0.2, 0) is 0 Å². The zero-order valence-electron chi connectivity index (χ0n) is 13.8. The lowest BCUT2D eigenvalue weighted by Crippen LogP contribution is -2.21. The Labute approximate surface area is 135 Å². The highest BCUT2D eigenvalue weighted by atomic mass is 16.5. The van der Waals surface area contributed by atoms with Crippen molar-refractivity contribution in [3.63, 3.8) is 0 Å². The van der Waals surface area contributed by atoms with Crippen LogP contribution in [0.15, 0.2) is 47.5 Å². The second kappa shape index (κ2) is 5.88. The molecule has 0 unspecified atom stereocenters. The van der Waals surface area contributed by atoms with E-state index in [1.54, 1.807) is 17.9 Å². The third-order valence-electron chi connectivity index (χ3n) is 4.10. The summed E-state index contributed by atoms with van der Waals surface area (Å²) >= 11 is 0. The first kappa shape index (κ1) is 15.3. The minimum atomic E-state index is -0.0561. The van der Waals surface area contributed by atoms with Gasteiger partial charge in [0.25, 0.3) is 5.56 Å². The summed E-state index contributed by atoms with van der Waals surface area (Å²) in [6, 6.07) is 9.62. The summed E-state index contributed by atoms with van der Waals surface area (Å²) in [6.07, 6.45) is 3.61. The van der Waals surface area contributed by atoms with Gasteiger partial charge < -0.3 is 4.74 Å². The molecule has 0 aliphatic heterocycles. The van der Waals surface area contributed by atoms with Crippen molar-refractivity contribution in [2.75, 3.05) is 7.11 Å². The molecule has 1 aromatic carbocycles. The summed E-state index contributed by atoms with van der Waals surface area (Å²) in [5.74, 6) is 0.756. The molecule has 0 fully saturated rings. The molecule has 3 aromatic rings. The number of aryl methyl sites for hydroxylation is 1. The van der Waals surface area contributed by atoms with E-state index in [2.05, 4.69) is 18.8 Å². The Morgan fingerprint density at radius 2 is 1.83 bits per heavy atom. The average molecular weight is 308 g/mol.